The monoisotopic (exact) mass is 375 g/mol. The molecule has 0 radical (unpaired) electrons. The zero-order valence-corrected chi connectivity index (χ0v) is 15.7. The molecule has 142 valence electrons. The van der Waals surface area contributed by atoms with Crippen LogP contribution in [0.2, 0.25) is 0 Å². The number of hydrogen-bond donors (Lipinski definition) is 1. The van der Waals surface area contributed by atoms with Gasteiger partial charge in [-0.25, -0.2) is 4.39 Å². The first-order valence-corrected chi connectivity index (χ1v) is 9.41. The lowest BCUT2D eigenvalue weighted by Crippen LogP contribution is -2.48. The molecule has 3 aromatic rings. The second kappa shape index (κ2) is 7.90. The number of carbonyl (C=O) groups is 1. The Labute approximate surface area is 164 Å². The minimum absolute atomic E-state index is 0.108. The maximum absolute atomic E-state index is 14.9. The first-order valence-electron chi connectivity index (χ1n) is 9.41. The number of halogens is 1. The summed E-state index contributed by atoms with van der Waals surface area (Å²) in [5, 5.41) is 3.31. The van der Waals surface area contributed by atoms with Crippen LogP contribution in [0.5, 0.6) is 0 Å². The Morgan fingerprint density at radius 3 is 2.50 bits per heavy atom. The van der Waals surface area contributed by atoms with Gasteiger partial charge in [-0.2, -0.15) is 0 Å². The Kier molecular flexibility index (Phi) is 5.17. The standard InChI is InChI=1S/C23H22FN3O/c1-16-2-4-17(5-3-16)19-6-7-20(21(24)14-19)23(28)27-13-12-26-15-22(27)18-8-10-25-11-9-18/h2-11,14,22,26H,12-13,15H2,1H3. The molecule has 4 rings (SSSR count). The summed E-state index contributed by atoms with van der Waals surface area (Å²) >= 11 is 0. The lowest BCUT2D eigenvalue weighted by molar-refractivity contribution is 0.0629. The zero-order valence-electron chi connectivity index (χ0n) is 15.7. The molecule has 5 heteroatoms. The summed E-state index contributed by atoms with van der Waals surface area (Å²) in [5.41, 5.74) is 3.95. The molecule has 0 aliphatic carbocycles. The number of aromatic nitrogens is 1. The van der Waals surface area contributed by atoms with Crippen molar-refractivity contribution in [1.29, 1.82) is 0 Å². The minimum atomic E-state index is -0.491. The Hall–Kier alpha value is -3.05. The van der Waals surface area contributed by atoms with Crippen LogP contribution in [-0.4, -0.2) is 35.4 Å². The van der Waals surface area contributed by atoms with E-state index < -0.39 is 5.82 Å². The SMILES string of the molecule is Cc1ccc(-c2ccc(C(=O)N3CCNCC3c3ccncc3)c(F)c2)cc1. The van der Waals surface area contributed by atoms with Crippen LogP contribution in [0.15, 0.2) is 67.0 Å². The van der Waals surface area contributed by atoms with Crippen LogP contribution in [0.25, 0.3) is 11.1 Å². The Morgan fingerprint density at radius 1 is 1.07 bits per heavy atom. The number of pyridine rings is 1. The van der Waals surface area contributed by atoms with E-state index in [4.69, 9.17) is 0 Å². The van der Waals surface area contributed by atoms with Gasteiger partial charge >= 0.3 is 0 Å². The average Bonchev–Trinajstić information content (AvgIpc) is 2.74. The molecule has 0 spiro atoms. The van der Waals surface area contributed by atoms with Crippen LogP contribution in [0.4, 0.5) is 4.39 Å². The fraction of sp³-hybridized carbons (Fsp3) is 0.217. The van der Waals surface area contributed by atoms with Crippen LogP contribution < -0.4 is 5.32 Å². The van der Waals surface area contributed by atoms with Crippen molar-refractivity contribution < 1.29 is 9.18 Å². The van der Waals surface area contributed by atoms with Gasteiger partial charge in [-0.3, -0.25) is 9.78 Å². The van der Waals surface area contributed by atoms with E-state index in [1.165, 1.54) is 6.07 Å². The third-order valence-electron chi connectivity index (χ3n) is 5.18. The van der Waals surface area contributed by atoms with Crippen LogP contribution in [0.3, 0.4) is 0 Å². The first-order chi connectivity index (χ1) is 13.6. The normalized spacial score (nSPS) is 16.8. The van der Waals surface area contributed by atoms with Gasteiger partial charge in [0.15, 0.2) is 0 Å². The zero-order chi connectivity index (χ0) is 19.5. The molecule has 1 unspecified atom stereocenters. The summed E-state index contributed by atoms with van der Waals surface area (Å²) in [6.07, 6.45) is 3.42. The molecule has 1 aliphatic heterocycles. The van der Waals surface area contributed by atoms with Crippen molar-refractivity contribution in [3.8, 4) is 11.1 Å². The molecule has 1 aliphatic rings. The quantitative estimate of drug-likeness (QED) is 0.753. The molecular formula is C23H22FN3O. The van der Waals surface area contributed by atoms with Gasteiger partial charge in [0, 0.05) is 32.0 Å². The molecule has 1 saturated heterocycles. The van der Waals surface area contributed by atoms with Crippen molar-refractivity contribution in [2.45, 2.75) is 13.0 Å². The van der Waals surface area contributed by atoms with E-state index in [-0.39, 0.29) is 17.5 Å². The molecule has 0 bridgehead atoms. The van der Waals surface area contributed by atoms with Gasteiger partial charge in [0.2, 0.25) is 0 Å². The van der Waals surface area contributed by atoms with Gasteiger partial charge in [-0.1, -0.05) is 35.9 Å². The molecule has 2 heterocycles. The van der Waals surface area contributed by atoms with Crippen molar-refractivity contribution >= 4 is 5.91 Å². The molecule has 1 fully saturated rings. The topological polar surface area (TPSA) is 45.2 Å². The summed E-state index contributed by atoms with van der Waals surface area (Å²) in [5.74, 6) is -0.772. The maximum Gasteiger partial charge on any atom is 0.257 e. The number of amides is 1. The first kappa shape index (κ1) is 18.3. The predicted octanol–water partition coefficient (Wildman–Crippen LogP) is 3.98. The number of carbonyl (C=O) groups excluding carboxylic acids is 1. The number of nitrogens with one attached hydrogen (secondary N) is 1. The van der Waals surface area contributed by atoms with E-state index in [0.717, 1.165) is 22.3 Å². The molecule has 1 atom stereocenters. The number of nitrogens with zero attached hydrogens (tertiary/aromatic N) is 2. The molecule has 4 nitrogen and oxygen atoms in total. The summed E-state index contributed by atoms with van der Waals surface area (Å²) < 4.78 is 14.9. The van der Waals surface area contributed by atoms with E-state index in [0.29, 0.717) is 19.6 Å². The largest absolute Gasteiger partial charge is 0.329 e. The predicted molar refractivity (Wildman–Crippen MR) is 107 cm³/mol. The van der Waals surface area contributed by atoms with Gasteiger partial charge in [-0.15, -0.1) is 0 Å². The Balaban J connectivity index is 1.62. The summed E-state index contributed by atoms with van der Waals surface area (Å²) in [7, 11) is 0. The van der Waals surface area contributed by atoms with E-state index in [9.17, 15) is 9.18 Å². The number of benzene rings is 2. The van der Waals surface area contributed by atoms with Crippen molar-refractivity contribution in [1.82, 2.24) is 15.2 Å². The highest BCUT2D eigenvalue weighted by Crippen LogP contribution is 2.27. The highest BCUT2D eigenvalue weighted by Gasteiger charge is 2.30. The van der Waals surface area contributed by atoms with Crippen LogP contribution in [-0.2, 0) is 0 Å². The highest BCUT2D eigenvalue weighted by molar-refractivity contribution is 5.95. The van der Waals surface area contributed by atoms with Gasteiger partial charge in [0.1, 0.15) is 5.82 Å². The van der Waals surface area contributed by atoms with E-state index in [1.807, 2.05) is 49.4 Å². The Bertz CT molecular complexity index is 973. The van der Waals surface area contributed by atoms with Crippen LogP contribution >= 0.6 is 0 Å². The summed E-state index contributed by atoms with van der Waals surface area (Å²) in [6.45, 7) is 3.87. The lowest BCUT2D eigenvalue weighted by Gasteiger charge is -2.36. The maximum atomic E-state index is 14.9. The molecular weight excluding hydrogens is 353 g/mol. The molecule has 2 aromatic carbocycles. The van der Waals surface area contributed by atoms with Crippen molar-refractivity contribution in [3.63, 3.8) is 0 Å². The number of aryl methyl sites for hydroxylation is 1. The fourth-order valence-corrected chi connectivity index (χ4v) is 3.60. The number of piperazine rings is 1. The smallest absolute Gasteiger partial charge is 0.257 e. The Morgan fingerprint density at radius 2 is 1.79 bits per heavy atom. The van der Waals surface area contributed by atoms with Crippen LogP contribution in [0, 0.1) is 12.7 Å². The molecule has 28 heavy (non-hydrogen) atoms. The molecule has 0 saturated carbocycles. The number of hydrogen-bond acceptors (Lipinski definition) is 3. The van der Waals surface area contributed by atoms with Gasteiger partial charge < -0.3 is 10.2 Å². The fourth-order valence-electron chi connectivity index (χ4n) is 3.60. The third-order valence-corrected chi connectivity index (χ3v) is 5.18. The second-order valence-corrected chi connectivity index (χ2v) is 7.06. The van der Waals surface area contributed by atoms with Gasteiger partial charge in [0.05, 0.1) is 11.6 Å². The van der Waals surface area contributed by atoms with E-state index in [2.05, 4.69) is 10.3 Å². The van der Waals surface area contributed by atoms with E-state index >= 15 is 0 Å². The number of rotatable bonds is 3. The van der Waals surface area contributed by atoms with Gasteiger partial charge in [-0.05, 0) is 47.9 Å². The molecule has 1 N–H and O–H groups in total. The lowest BCUT2D eigenvalue weighted by atomic mass is 10.00. The minimum Gasteiger partial charge on any atom is -0.329 e. The second-order valence-electron chi connectivity index (χ2n) is 7.06. The average molecular weight is 375 g/mol. The summed E-state index contributed by atoms with van der Waals surface area (Å²) in [4.78, 5) is 18.9. The summed E-state index contributed by atoms with van der Waals surface area (Å²) in [6, 6.07) is 16.4. The van der Waals surface area contributed by atoms with Crippen molar-refractivity contribution in [2.75, 3.05) is 19.6 Å². The molecule has 1 aromatic heterocycles. The molecule has 1 amide bonds. The highest BCUT2D eigenvalue weighted by atomic mass is 19.1. The van der Waals surface area contributed by atoms with Crippen molar-refractivity contribution in [3.05, 3.63) is 89.5 Å². The van der Waals surface area contributed by atoms with Crippen molar-refractivity contribution in [2.24, 2.45) is 0 Å². The van der Waals surface area contributed by atoms with Crippen LogP contribution in [0.1, 0.15) is 27.5 Å². The van der Waals surface area contributed by atoms with E-state index in [1.54, 1.807) is 23.4 Å². The third kappa shape index (κ3) is 3.66. The van der Waals surface area contributed by atoms with Gasteiger partial charge in [0.25, 0.3) is 5.91 Å².